The van der Waals surface area contributed by atoms with Crippen molar-refractivity contribution >= 4 is 27.7 Å². The monoisotopic (exact) mass is 872 g/mol. The Hall–Kier alpha value is -7.80. The fourth-order valence-electron chi connectivity index (χ4n) is 6.03. The number of aliphatic hydroxyl groups excluding tert-OH is 1. The second-order valence-electron chi connectivity index (χ2n) is 13.3. The number of carbonyl (C=O) groups is 3. The van der Waals surface area contributed by atoms with Crippen molar-refractivity contribution in [3.8, 4) is 57.8 Å². The summed E-state index contributed by atoms with van der Waals surface area (Å²) < 4.78 is 69.3. The Kier molecular flexibility index (Phi) is 14.3. The van der Waals surface area contributed by atoms with Crippen LogP contribution < -0.4 is 37.9 Å². The van der Waals surface area contributed by atoms with Gasteiger partial charge in [-0.05, 0) is 108 Å². The molecule has 0 saturated heterocycles. The molecule has 1 N–H and O–H groups in total. The van der Waals surface area contributed by atoms with E-state index in [2.05, 4.69) is 11.8 Å². The van der Waals surface area contributed by atoms with E-state index in [-0.39, 0.29) is 61.6 Å². The molecular formula is C48H40O14S. The van der Waals surface area contributed by atoms with Crippen LogP contribution in [0.4, 0.5) is 0 Å². The minimum atomic E-state index is -3.76. The van der Waals surface area contributed by atoms with Crippen LogP contribution in [0.1, 0.15) is 53.3 Å². The van der Waals surface area contributed by atoms with Crippen molar-refractivity contribution in [2.24, 2.45) is 0 Å². The molecular weight excluding hydrogens is 833 g/mol. The summed E-state index contributed by atoms with van der Waals surface area (Å²) in [5, 5.41) is 9.77. The Balaban J connectivity index is 1.01. The molecule has 0 aliphatic heterocycles. The molecule has 6 rings (SSSR count). The lowest BCUT2D eigenvalue weighted by molar-refractivity contribution is 0.0720. The molecule has 0 atom stereocenters. The predicted molar refractivity (Wildman–Crippen MR) is 229 cm³/mol. The summed E-state index contributed by atoms with van der Waals surface area (Å²) in [5.41, 5.74) is 2.51. The first-order valence-electron chi connectivity index (χ1n) is 18.8. The third-order valence-corrected chi connectivity index (χ3v) is 11.0. The van der Waals surface area contributed by atoms with Gasteiger partial charge in [0.05, 0.1) is 63.9 Å². The largest absolute Gasteiger partial charge is 0.496 e. The quantitative estimate of drug-likeness (QED) is 0.0619. The lowest BCUT2D eigenvalue weighted by Gasteiger charge is -2.13. The topological polar surface area (TPSA) is 179 Å². The van der Waals surface area contributed by atoms with Gasteiger partial charge in [-0.25, -0.2) is 22.8 Å². The molecule has 0 unspecified atom stereocenters. The second kappa shape index (κ2) is 20.2. The summed E-state index contributed by atoms with van der Waals surface area (Å²) >= 11 is 0. The number of hydrogen-bond donors (Lipinski definition) is 1. The molecule has 15 heteroatoms. The van der Waals surface area contributed by atoms with Crippen LogP contribution in [-0.4, -0.2) is 67.0 Å². The number of hydrogen-bond acceptors (Lipinski definition) is 14. The van der Waals surface area contributed by atoms with Crippen LogP contribution in [-0.2, 0) is 22.2 Å². The van der Waals surface area contributed by atoms with Crippen molar-refractivity contribution in [3.05, 3.63) is 160 Å². The zero-order chi connectivity index (χ0) is 45.1. The molecule has 0 bridgehead atoms. The number of carbonyl (C=O) groups excluding carboxylic acids is 3. The normalized spacial score (nSPS) is 10.7. The standard InChI is InChI=1S/C48H40O14S/c1-55-41-27-45(59-5)44(58-4)26-40(41)48(52)62-36-18-14-33(15-19-36)46(50)60-35-16-12-31(13-17-35)7-6-30-8-10-32(11-9-30)29-63(53,54)38-22-20-37(21-23-38)61-47(51)39-25-43(57-3)42(56-2)24-34(39)28-49/h8-27,49H,28-29H2,1-5H3. The zero-order valence-corrected chi connectivity index (χ0v) is 35.4. The van der Waals surface area contributed by atoms with Gasteiger partial charge in [0.1, 0.15) is 28.6 Å². The molecule has 0 fully saturated rings. The number of ether oxygens (including phenoxy) is 8. The Labute approximate surface area is 363 Å². The number of esters is 3. The van der Waals surface area contributed by atoms with Crippen molar-refractivity contribution in [2.75, 3.05) is 35.5 Å². The average Bonchev–Trinajstić information content (AvgIpc) is 3.30. The Bertz CT molecular complexity index is 2790. The molecule has 0 saturated carbocycles. The molecule has 0 spiro atoms. The molecule has 6 aromatic carbocycles. The van der Waals surface area contributed by atoms with Gasteiger partial charge in [-0.15, -0.1) is 0 Å². The van der Waals surface area contributed by atoms with Crippen LogP contribution in [0, 0.1) is 11.8 Å². The smallest absolute Gasteiger partial charge is 0.347 e. The van der Waals surface area contributed by atoms with Crippen LogP contribution >= 0.6 is 0 Å². The maximum Gasteiger partial charge on any atom is 0.347 e. The molecule has 14 nitrogen and oxygen atoms in total. The molecule has 0 aromatic heterocycles. The molecule has 0 aliphatic rings. The van der Waals surface area contributed by atoms with Crippen LogP contribution in [0.2, 0.25) is 0 Å². The van der Waals surface area contributed by atoms with Crippen molar-refractivity contribution in [3.63, 3.8) is 0 Å². The van der Waals surface area contributed by atoms with Gasteiger partial charge in [-0.2, -0.15) is 0 Å². The maximum atomic E-state index is 13.2. The van der Waals surface area contributed by atoms with Gasteiger partial charge in [-0.1, -0.05) is 24.0 Å². The van der Waals surface area contributed by atoms with E-state index in [1.54, 1.807) is 48.5 Å². The van der Waals surface area contributed by atoms with Crippen LogP contribution in [0.3, 0.4) is 0 Å². The van der Waals surface area contributed by atoms with E-state index in [0.717, 1.165) is 0 Å². The molecule has 0 aliphatic carbocycles. The summed E-state index contributed by atoms with van der Waals surface area (Å²) in [5.74, 6) is 5.83. The van der Waals surface area contributed by atoms with Crippen LogP contribution in [0.25, 0.3) is 0 Å². The highest BCUT2D eigenvalue weighted by molar-refractivity contribution is 7.90. The lowest BCUT2D eigenvalue weighted by atomic mass is 10.1. The van der Waals surface area contributed by atoms with Gasteiger partial charge in [0, 0.05) is 23.3 Å². The van der Waals surface area contributed by atoms with Crippen molar-refractivity contribution < 1.29 is 65.8 Å². The zero-order valence-electron chi connectivity index (χ0n) is 34.6. The highest BCUT2D eigenvalue weighted by atomic mass is 32.2. The lowest BCUT2D eigenvalue weighted by Crippen LogP contribution is -2.12. The fourth-order valence-corrected chi connectivity index (χ4v) is 7.38. The summed E-state index contributed by atoms with van der Waals surface area (Å²) in [4.78, 5) is 38.8. The third-order valence-electron chi connectivity index (χ3n) is 9.35. The van der Waals surface area contributed by atoms with E-state index in [1.165, 1.54) is 108 Å². The van der Waals surface area contributed by atoms with Gasteiger partial charge >= 0.3 is 17.9 Å². The third kappa shape index (κ3) is 10.9. The van der Waals surface area contributed by atoms with Crippen molar-refractivity contribution in [2.45, 2.75) is 17.3 Å². The Morgan fingerprint density at radius 2 is 0.905 bits per heavy atom. The van der Waals surface area contributed by atoms with Crippen LogP contribution in [0.15, 0.2) is 126 Å². The van der Waals surface area contributed by atoms with E-state index in [0.29, 0.717) is 33.9 Å². The molecule has 0 amide bonds. The number of benzene rings is 6. The molecule has 0 heterocycles. The van der Waals surface area contributed by atoms with Gasteiger partial charge in [0.2, 0.25) is 0 Å². The van der Waals surface area contributed by atoms with E-state index in [4.69, 9.17) is 37.9 Å². The molecule has 322 valence electrons. The second-order valence-corrected chi connectivity index (χ2v) is 15.3. The maximum absolute atomic E-state index is 13.2. The number of aliphatic hydroxyl groups is 1. The number of sulfone groups is 1. The minimum absolute atomic E-state index is 0.0351. The molecule has 63 heavy (non-hydrogen) atoms. The average molecular weight is 873 g/mol. The summed E-state index contributed by atoms with van der Waals surface area (Å²) in [6, 6.07) is 30.5. The fraction of sp³-hybridized carbons (Fsp3) is 0.146. The van der Waals surface area contributed by atoms with Gasteiger partial charge < -0.3 is 43.0 Å². The summed E-state index contributed by atoms with van der Waals surface area (Å²) in [6.07, 6.45) is 0. The van der Waals surface area contributed by atoms with E-state index >= 15 is 0 Å². The van der Waals surface area contributed by atoms with E-state index < -0.39 is 34.4 Å². The van der Waals surface area contributed by atoms with Crippen LogP contribution in [0.5, 0.6) is 46.0 Å². The highest BCUT2D eigenvalue weighted by Gasteiger charge is 2.22. The molecule has 6 aromatic rings. The number of rotatable bonds is 15. The van der Waals surface area contributed by atoms with E-state index in [9.17, 15) is 27.9 Å². The molecule has 0 radical (unpaired) electrons. The Morgan fingerprint density at radius 1 is 0.492 bits per heavy atom. The van der Waals surface area contributed by atoms with Gasteiger partial charge in [0.15, 0.2) is 32.8 Å². The van der Waals surface area contributed by atoms with Gasteiger partial charge in [-0.3, -0.25) is 0 Å². The predicted octanol–water partition coefficient (Wildman–Crippen LogP) is 7.25. The van der Waals surface area contributed by atoms with Gasteiger partial charge in [0.25, 0.3) is 0 Å². The Morgan fingerprint density at radius 3 is 1.41 bits per heavy atom. The van der Waals surface area contributed by atoms with E-state index in [1.807, 2.05) is 0 Å². The summed E-state index contributed by atoms with van der Waals surface area (Å²) in [7, 11) is 3.40. The highest BCUT2D eigenvalue weighted by Crippen LogP contribution is 2.35. The summed E-state index contributed by atoms with van der Waals surface area (Å²) in [6.45, 7) is -0.448. The SMILES string of the molecule is COc1cc(CO)c(C(=O)Oc2ccc(S(=O)(=O)Cc3ccc(C#Cc4ccc(OC(=O)c5ccc(OC(=O)c6cc(OC)c(OC)cc6OC)cc5)cc4)cc3)cc2)cc1OC. The number of methoxy groups -OCH3 is 5. The van der Waals surface area contributed by atoms with Crippen molar-refractivity contribution in [1.29, 1.82) is 0 Å². The first kappa shape index (κ1) is 44.7. The van der Waals surface area contributed by atoms with Crippen molar-refractivity contribution in [1.82, 2.24) is 0 Å². The first-order chi connectivity index (χ1) is 30.4. The first-order valence-corrected chi connectivity index (χ1v) is 20.5. The minimum Gasteiger partial charge on any atom is -0.496 e.